The largest absolute Gasteiger partial charge is 0.369 e. The highest BCUT2D eigenvalue weighted by Gasteiger charge is 2.18. The summed E-state index contributed by atoms with van der Waals surface area (Å²) in [5.41, 5.74) is 3.88. The molecule has 0 spiro atoms. The minimum absolute atomic E-state index is 0.938. The number of nitrogens with zero attached hydrogens (tertiary/aromatic N) is 3. The second-order valence-corrected chi connectivity index (χ2v) is 7.44. The number of hydrogen-bond acceptors (Lipinski definition) is 4. The topological polar surface area (TPSA) is 19.4 Å². The Hall–Kier alpha value is -2.17. The van der Waals surface area contributed by atoms with Crippen molar-refractivity contribution < 1.29 is 0 Å². The molecular weight excluding hydrogens is 326 g/mol. The first-order valence-electron chi connectivity index (χ1n) is 8.86. The molecule has 1 aliphatic heterocycles. The van der Waals surface area contributed by atoms with E-state index in [-0.39, 0.29) is 0 Å². The van der Waals surface area contributed by atoms with Gasteiger partial charge in [0.15, 0.2) is 0 Å². The van der Waals surface area contributed by atoms with Gasteiger partial charge in [0, 0.05) is 50.2 Å². The van der Waals surface area contributed by atoms with Crippen LogP contribution in [0.15, 0.2) is 66.0 Å². The van der Waals surface area contributed by atoms with Crippen molar-refractivity contribution in [2.45, 2.75) is 13.0 Å². The van der Waals surface area contributed by atoms with Gasteiger partial charge < -0.3 is 4.90 Å². The van der Waals surface area contributed by atoms with E-state index in [0.29, 0.717) is 0 Å². The molecule has 0 saturated carbocycles. The van der Waals surface area contributed by atoms with Crippen LogP contribution in [-0.4, -0.2) is 36.1 Å². The van der Waals surface area contributed by atoms with Gasteiger partial charge in [-0.3, -0.25) is 4.90 Å². The van der Waals surface area contributed by atoms with Gasteiger partial charge in [0.1, 0.15) is 0 Å². The van der Waals surface area contributed by atoms with Crippen molar-refractivity contribution in [3.8, 4) is 0 Å². The minimum Gasteiger partial charge on any atom is -0.369 e. The van der Waals surface area contributed by atoms with Crippen molar-refractivity contribution in [3.63, 3.8) is 0 Å². The van der Waals surface area contributed by atoms with Gasteiger partial charge in [-0.25, -0.2) is 4.98 Å². The number of para-hydroxylation sites is 1. The predicted octanol–water partition coefficient (Wildman–Crippen LogP) is 4.06. The van der Waals surface area contributed by atoms with Crippen LogP contribution < -0.4 is 4.90 Å². The molecule has 0 unspecified atom stereocenters. The average Bonchev–Trinajstić information content (AvgIpc) is 3.11. The molecule has 4 rings (SSSR count). The summed E-state index contributed by atoms with van der Waals surface area (Å²) in [4.78, 5) is 9.83. The summed E-state index contributed by atoms with van der Waals surface area (Å²) < 4.78 is 0. The van der Waals surface area contributed by atoms with Crippen LogP contribution in [0, 0.1) is 0 Å². The first-order valence-corrected chi connectivity index (χ1v) is 9.74. The summed E-state index contributed by atoms with van der Waals surface area (Å²) in [5, 5.41) is 3.44. The van der Waals surface area contributed by atoms with Crippen LogP contribution >= 0.6 is 11.3 Å². The van der Waals surface area contributed by atoms with Gasteiger partial charge in [0.25, 0.3) is 0 Å². The van der Waals surface area contributed by atoms with Gasteiger partial charge in [-0.1, -0.05) is 48.5 Å². The Morgan fingerprint density at radius 3 is 2.24 bits per heavy atom. The second kappa shape index (κ2) is 7.81. The lowest BCUT2D eigenvalue weighted by Gasteiger charge is -2.35. The monoisotopic (exact) mass is 349 g/mol. The van der Waals surface area contributed by atoms with Crippen molar-refractivity contribution >= 4 is 17.0 Å². The standard InChI is InChI=1S/C21H23N3S/c1-3-7-18(8-4-1)15-21-22-19(17-25-21)16-23-11-13-24(14-12-23)20-9-5-2-6-10-20/h1-10,17H,11-16H2. The van der Waals surface area contributed by atoms with Gasteiger partial charge in [-0.05, 0) is 17.7 Å². The molecule has 0 N–H and O–H groups in total. The van der Waals surface area contributed by atoms with E-state index < -0.39 is 0 Å². The van der Waals surface area contributed by atoms with Crippen LogP contribution in [0.1, 0.15) is 16.3 Å². The third kappa shape index (κ3) is 4.27. The molecule has 1 fully saturated rings. The molecule has 1 saturated heterocycles. The van der Waals surface area contributed by atoms with Crippen LogP contribution in [0.3, 0.4) is 0 Å². The summed E-state index contributed by atoms with van der Waals surface area (Å²) in [6.07, 6.45) is 0.938. The molecular formula is C21H23N3S. The zero-order valence-corrected chi connectivity index (χ0v) is 15.2. The Labute approximate surface area is 153 Å². The summed E-state index contributed by atoms with van der Waals surface area (Å²) >= 11 is 1.78. The Balaban J connectivity index is 1.30. The molecule has 128 valence electrons. The van der Waals surface area contributed by atoms with E-state index in [2.05, 4.69) is 75.8 Å². The lowest BCUT2D eigenvalue weighted by Crippen LogP contribution is -2.46. The van der Waals surface area contributed by atoms with Gasteiger partial charge >= 0.3 is 0 Å². The van der Waals surface area contributed by atoms with Gasteiger partial charge in [-0.2, -0.15) is 0 Å². The molecule has 0 atom stereocenters. The number of rotatable bonds is 5. The number of benzene rings is 2. The molecule has 3 nitrogen and oxygen atoms in total. The second-order valence-electron chi connectivity index (χ2n) is 6.49. The molecule has 25 heavy (non-hydrogen) atoms. The maximum absolute atomic E-state index is 4.84. The SMILES string of the molecule is c1ccc(Cc2nc(CN3CCN(c4ccccc4)CC3)cs2)cc1. The summed E-state index contributed by atoms with van der Waals surface area (Å²) in [6.45, 7) is 5.34. The molecule has 1 aromatic heterocycles. The van der Waals surface area contributed by atoms with Gasteiger partial charge in [0.2, 0.25) is 0 Å². The van der Waals surface area contributed by atoms with Crippen LogP contribution in [0.25, 0.3) is 0 Å². The average molecular weight is 350 g/mol. The Morgan fingerprint density at radius 1 is 0.840 bits per heavy atom. The van der Waals surface area contributed by atoms with Gasteiger partial charge in [-0.15, -0.1) is 11.3 Å². The fourth-order valence-electron chi connectivity index (χ4n) is 3.31. The van der Waals surface area contributed by atoms with Crippen molar-refractivity contribution in [2.24, 2.45) is 0 Å². The number of thiazole rings is 1. The molecule has 3 aromatic rings. The molecule has 4 heteroatoms. The number of piperazine rings is 1. The highest BCUT2D eigenvalue weighted by atomic mass is 32.1. The maximum Gasteiger partial charge on any atom is 0.0972 e. The number of aromatic nitrogens is 1. The molecule has 0 bridgehead atoms. The van der Waals surface area contributed by atoms with Crippen molar-refractivity contribution in [1.82, 2.24) is 9.88 Å². The molecule has 1 aliphatic rings. The van der Waals surface area contributed by atoms with E-state index in [1.54, 1.807) is 11.3 Å². The quantitative estimate of drug-likeness (QED) is 0.692. The first kappa shape index (κ1) is 16.3. The van der Waals surface area contributed by atoms with Crippen molar-refractivity contribution in [3.05, 3.63) is 82.3 Å². The highest BCUT2D eigenvalue weighted by molar-refractivity contribution is 7.09. The molecule has 0 amide bonds. The fourth-order valence-corrected chi connectivity index (χ4v) is 4.12. The summed E-state index contributed by atoms with van der Waals surface area (Å²) in [6, 6.07) is 21.3. The Morgan fingerprint density at radius 2 is 1.52 bits per heavy atom. The van der Waals surface area contributed by atoms with Crippen LogP contribution in [0.5, 0.6) is 0 Å². The van der Waals surface area contributed by atoms with Crippen molar-refractivity contribution in [1.29, 1.82) is 0 Å². The van der Waals surface area contributed by atoms with E-state index in [9.17, 15) is 0 Å². The van der Waals surface area contributed by atoms with E-state index in [1.807, 2.05) is 0 Å². The van der Waals surface area contributed by atoms with Crippen molar-refractivity contribution in [2.75, 3.05) is 31.1 Å². The van der Waals surface area contributed by atoms with E-state index in [4.69, 9.17) is 4.98 Å². The molecule has 2 heterocycles. The van der Waals surface area contributed by atoms with Gasteiger partial charge in [0.05, 0.1) is 10.7 Å². The molecule has 2 aromatic carbocycles. The zero-order chi connectivity index (χ0) is 16.9. The Kier molecular flexibility index (Phi) is 5.09. The van der Waals surface area contributed by atoms with Crippen LogP contribution in [0.2, 0.25) is 0 Å². The fraction of sp³-hybridized carbons (Fsp3) is 0.286. The summed E-state index contributed by atoms with van der Waals surface area (Å²) in [5.74, 6) is 0. The lowest BCUT2D eigenvalue weighted by molar-refractivity contribution is 0.247. The first-order chi connectivity index (χ1) is 12.4. The third-order valence-corrected chi connectivity index (χ3v) is 5.57. The summed E-state index contributed by atoms with van der Waals surface area (Å²) in [7, 11) is 0. The zero-order valence-electron chi connectivity index (χ0n) is 14.3. The van der Waals surface area contributed by atoms with E-state index in [0.717, 1.165) is 39.1 Å². The maximum atomic E-state index is 4.84. The predicted molar refractivity (Wildman–Crippen MR) is 105 cm³/mol. The van der Waals surface area contributed by atoms with Crippen LogP contribution in [-0.2, 0) is 13.0 Å². The van der Waals surface area contributed by atoms with Crippen LogP contribution in [0.4, 0.5) is 5.69 Å². The smallest absolute Gasteiger partial charge is 0.0972 e. The third-order valence-electron chi connectivity index (χ3n) is 4.68. The Bertz CT molecular complexity index is 777. The molecule has 0 radical (unpaired) electrons. The normalized spacial score (nSPS) is 15.4. The lowest BCUT2D eigenvalue weighted by atomic mass is 10.2. The number of anilines is 1. The highest BCUT2D eigenvalue weighted by Crippen LogP contribution is 2.19. The minimum atomic E-state index is 0.938. The molecule has 0 aliphatic carbocycles. The van der Waals surface area contributed by atoms with E-state index in [1.165, 1.54) is 22.0 Å². The van der Waals surface area contributed by atoms with E-state index >= 15 is 0 Å². The number of hydrogen-bond donors (Lipinski definition) is 0.